The number of ether oxygens (including phenoxy) is 1. The Hall–Kier alpha value is -0.370. The van der Waals surface area contributed by atoms with Gasteiger partial charge in [0.25, 0.3) is 0 Å². The van der Waals surface area contributed by atoms with Crippen molar-refractivity contribution < 1.29 is 9.53 Å². The summed E-state index contributed by atoms with van der Waals surface area (Å²) in [6, 6.07) is 0. The number of ketones is 1. The standard InChI is InChI=1S/C13H24O2/c1-3-4-5-6-7-9-12(14)13(15-2)10-8-11-13/h3-11H2,1-2H3. The Labute approximate surface area is 93.4 Å². The Kier molecular flexibility index (Phi) is 5.30. The molecule has 15 heavy (non-hydrogen) atoms. The molecule has 0 unspecified atom stereocenters. The van der Waals surface area contributed by atoms with Crippen LogP contribution >= 0.6 is 0 Å². The van der Waals surface area contributed by atoms with Crippen molar-refractivity contribution in [3.8, 4) is 0 Å². The molecule has 2 heteroatoms. The Morgan fingerprint density at radius 1 is 1.20 bits per heavy atom. The highest BCUT2D eigenvalue weighted by molar-refractivity contribution is 5.88. The molecule has 0 heterocycles. The van der Waals surface area contributed by atoms with Crippen molar-refractivity contribution in [2.45, 2.75) is 70.3 Å². The average molecular weight is 212 g/mol. The molecule has 1 aliphatic carbocycles. The van der Waals surface area contributed by atoms with Crippen molar-refractivity contribution >= 4 is 5.78 Å². The van der Waals surface area contributed by atoms with Gasteiger partial charge in [-0.15, -0.1) is 0 Å². The largest absolute Gasteiger partial charge is 0.370 e. The maximum Gasteiger partial charge on any atom is 0.164 e. The van der Waals surface area contributed by atoms with Gasteiger partial charge in [-0.3, -0.25) is 4.79 Å². The van der Waals surface area contributed by atoms with Crippen LogP contribution in [0.1, 0.15) is 64.7 Å². The molecule has 0 aromatic carbocycles. The van der Waals surface area contributed by atoms with Gasteiger partial charge in [0, 0.05) is 13.5 Å². The summed E-state index contributed by atoms with van der Waals surface area (Å²) in [5.41, 5.74) is -0.370. The fourth-order valence-electron chi connectivity index (χ4n) is 2.21. The lowest BCUT2D eigenvalue weighted by Gasteiger charge is -2.38. The normalized spacial score (nSPS) is 18.5. The molecule has 0 N–H and O–H groups in total. The summed E-state index contributed by atoms with van der Waals surface area (Å²) in [6.07, 6.45) is 9.81. The van der Waals surface area contributed by atoms with Crippen LogP contribution in [0, 0.1) is 0 Å². The van der Waals surface area contributed by atoms with E-state index in [-0.39, 0.29) is 5.60 Å². The van der Waals surface area contributed by atoms with Crippen molar-refractivity contribution in [2.75, 3.05) is 7.11 Å². The molecule has 2 nitrogen and oxygen atoms in total. The predicted octanol–water partition coefficient (Wildman–Crippen LogP) is 3.49. The Morgan fingerprint density at radius 2 is 1.87 bits per heavy atom. The number of rotatable bonds is 8. The molecule has 0 spiro atoms. The minimum absolute atomic E-state index is 0.341. The Bertz CT molecular complexity index is 189. The molecule has 0 bridgehead atoms. The van der Waals surface area contributed by atoms with Gasteiger partial charge < -0.3 is 4.74 Å². The van der Waals surface area contributed by atoms with E-state index < -0.39 is 0 Å². The van der Waals surface area contributed by atoms with E-state index in [0.717, 1.165) is 32.1 Å². The summed E-state index contributed by atoms with van der Waals surface area (Å²) in [7, 11) is 1.67. The summed E-state index contributed by atoms with van der Waals surface area (Å²) >= 11 is 0. The van der Waals surface area contributed by atoms with E-state index in [4.69, 9.17) is 4.74 Å². The highest BCUT2D eigenvalue weighted by Crippen LogP contribution is 2.37. The third-order valence-corrected chi connectivity index (χ3v) is 3.57. The SMILES string of the molecule is CCCCCCCC(=O)C1(OC)CCC1. The van der Waals surface area contributed by atoms with Gasteiger partial charge in [0.15, 0.2) is 5.78 Å². The number of hydrogen-bond donors (Lipinski definition) is 0. The summed E-state index contributed by atoms with van der Waals surface area (Å²) in [6.45, 7) is 2.21. The van der Waals surface area contributed by atoms with Crippen molar-refractivity contribution in [1.82, 2.24) is 0 Å². The average Bonchev–Trinajstić information content (AvgIpc) is 2.17. The second-order valence-electron chi connectivity index (χ2n) is 4.64. The number of Topliss-reactive ketones (excluding diaryl/α,β-unsaturated/α-hetero) is 1. The lowest BCUT2D eigenvalue weighted by molar-refractivity contribution is -0.151. The molecule has 0 atom stereocenters. The van der Waals surface area contributed by atoms with Crippen LogP contribution in [0.2, 0.25) is 0 Å². The van der Waals surface area contributed by atoms with E-state index in [2.05, 4.69) is 6.92 Å². The van der Waals surface area contributed by atoms with E-state index in [1.807, 2.05) is 0 Å². The van der Waals surface area contributed by atoms with Gasteiger partial charge in [-0.05, 0) is 25.7 Å². The minimum atomic E-state index is -0.370. The zero-order valence-corrected chi connectivity index (χ0v) is 10.2. The van der Waals surface area contributed by atoms with Crippen LogP contribution in [0.5, 0.6) is 0 Å². The molecule has 0 amide bonds. The quantitative estimate of drug-likeness (QED) is 0.576. The van der Waals surface area contributed by atoms with Gasteiger partial charge in [-0.1, -0.05) is 32.6 Å². The Morgan fingerprint density at radius 3 is 2.33 bits per heavy atom. The summed E-state index contributed by atoms with van der Waals surface area (Å²) in [5.74, 6) is 0.341. The predicted molar refractivity (Wildman–Crippen MR) is 62.0 cm³/mol. The third-order valence-electron chi connectivity index (χ3n) is 3.57. The first-order chi connectivity index (χ1) is 7.25. The van der Waals surface area contributed by atoms with E-state index in [0.29, 0.717) is 5.78 Å². The van der Waals surface area contributed by atoms with E-state index >= 15 is 0 Å². The summed E-state index contributed by atoms with van der Waals surface area (Å²) in [5, 5.41) is 0. The van der Waals surface area contributed by atoms with Gasteiger partial charge in [0.1, 0.15) is 5.60 Å². The van der Waals surface area contributed by atoms with Gasteiger partial charge >= 0.3 is 0 Å². The minimum Gasteiger partial charge on any atom is -0.370 e. The zero-order chi connectivity index (χ0) is 11.1. The highest BCUT2D eigenvalue weighted by atomic mass is 16.5. The molecule has 1 saturated carbocycles. The first-order valence-corrected chi connectivity index (χ1v) is 6.33. The fourth-order valence-corrected chi connectivity index (χ4v) is 2.21. The lowest BCUT2D eigenvalue weighted by Crippen LogP contribution is -2.46. The van der Waals surface area contributed by atoms with Crippen LogP contribution in [-0.2, 0) is 9.53 Å². The molecule has 0 aromatic rings. The van der Waals surface area contributed by atoms with Crippen LogP contribution < -0.4 is 0 Å². The van der Waals surface area contributed by atoms with Crippen molar-refractivity contribution in [2.24, 2.45) is 0 Å². The van der Waals surface area contributed by atoms with Gasteiger partial charge in [0.2, 0.25) is 0 Å². The maximum atomic E-state index is 11.9. The Balaban J connectivity index is 2.12. The topological polar surface area (TPSA) is 26.3 Å². The summed E-state index contributed by atoms with van der Waals surface area (Å²) in [4.78, 5) is 11.9. The molecule has 0 aliphatic heterocycles. The first-order valence-electron chi connectivity index (χ1n) is 6.33. The smallest absolute Gasteiger partial charge is 0.164 e. The van der Waals surface area contributed by atoms with Crippen LogP contribution in [0.25, 0.3) is 0 Å². The van der Waals surface area contributed by atoms with Gasteiger partial charge in [0.05, 0.1) is 0 Å². The van der Waals surface area contributed by atoms with Crippen molar-refractivity contribution in [3.05, 3.63) is 0 Å². The third kappa shape index (κ3) is 3.30. The van der Waals surface area contributed by atoms with E-state index in [9.17, 15) is 4.79 Å². The molecule has 1 rings (SSSR count). The fraction of sp³-hybridized carbons (Fsp3) is 0.923. The molecule has 0 saturated heterocycles. The number of unbranched alkanes of at least 4 members (excludes halogenated alkanes) is 4. The second-order valence-corrected chi connectivity index (χ2v) is 4.64. The summed E-state index contributed by atoms with van der Waals surface area (Å²) < 4.78 is 5.36. The number of methoxy groups -OCH3 is 1. The van der Waals surface area contributed by atoms with Gasteiger partial charge in [-0.25, -0.2) is 0 Å². The molecule has 1 fully saturated rings. The molecule has 0 aromatic heterocycles. The van der Waals surface area contributed by atoms with Crippen LogP contribution in [-0.4, -0.2) is 18.5 Å². The van der Waals surface area contributed by atoms with Crippen molar-refractivity contribution in [1.29, 1.82) is 0 Å². The van der Waals surface area contributed by atoms with E-state index in [1.165, 1.54) is 25.7 Å². The van der Waals surface area contributed by atoms with Crippen LogP contribution in [0.3, 0.4) is 0 Å². The maximum absolute atomic E-state index is 11.9. The zero-order valence-electron chi connectivity index (χ0n) is 10.2. The second kappa shape index (κ2) is 6.26. The lowest BCUT2D eigenvalue weighted by atomic mass is 9.75. The first kappa shape index (κ1) is 12.7. The highest BCUT2D eigenvalue weighted by Gasteiger charge is 2.43. The monoisotopic (exact) mass is 212 g/mol. The molecule has 88 valence electrons. The molecular formula is C13H24O2. The molecule has 1 aliphatic rings. The van der Waals surface area contributed by atoms with Gasteiger partial charge in [-0.2, -0.15) is 0 Å². The number of carbonyl (C=O) groups is 1. The van der Waals surface area contributed by atoms with Crippen molar-refractivity contribution in [3.63, 3.8) is 0 Å². The van der Waals surface area contributed by atoms with Crippen LogP contribution in [0.4, 0.5) is 0 Å². The molecule has 0 radical (unpaired) electrons. The number of carbonyl (C=O) groups excluding carboxylic acids is 1. The molecular weight excluding hydrogens is 188 g/mol. The number of hydrogen-bond acceptors (Lipinski definition) is 2. The van der Waals surface area contributed by atoms with Crippen LogP contribution in [0.15, 0.2) is 0 Å². The van der Waals surface area contributed by atoms with E-state index in [1.54, 1.807) is 7.11 Å².